The van der Waals surface area contributed by atoms with Crippen LogP contribution in [0.1, 0.15) is 26.3 Å². The van der Waals surface area contributed by atoms with Crippen LogP contribution in [0.2, 0.25) is 0 Å². The number of guanidine groups is 1. The molecule has 6 nitrogen and oxygen atoms in total. The topological polar surface area (TPSA) is 74.8 Å². The molecule has 0 spiro atoms. The molecule has 142 valence electrons. The minimum Gasteiger partial charge on any atom is -0.496 e. The first-order chi connectivity index (χ1) is 11.4. The van der Waals surface area contributed by atoms with Gasteiger partial charge in [-0.2, -0.15) is 0 Å². The van der Waals surface area contributed by atoms with Crippen LogP contribution >= 0.6 is 24.0 Å². The van der Waals surface area contributed by atoms with Crippen molar-refractivity contribution in [3.63, 3.8) is 0 Å². The van der Waals surface area contributed by atoms with Gasteiger partial charge in [-0.3, -0.25) is 9.79 Å². The van der Waals surface area contributed by atoms with Crippen LogP contribution in [0.5, 0.6) is 5.75 Å². The highest BCUT2D eigenvalue weighted by molar-refractivity contribution is 14.0. The summed E-state index contributed by atoms with van der Waals surface area (Å²) in [4.78, 5) is 15.9. The van der Waals surface area contributed by atoms with E-state index in [9.17, 15) is 4.79 Å². The Balaban J connectivity index is 0.00000576. The van der Waals surface area contributed by atoms with Crippen molar-refractivity contribution in [2.75, 3.05) is 33.8 Å². The molecular weight excluding hydrogens is 431 g/mol. The van der Waals surface area contributed by atoms with E-state index in [1.807, 2.05) is 39.0 Å². The van der Waals surface area contributed by atoms with E-state index in [0.717, 1.165) is 30.2 Å². The number of amides is 1. The van der Waals surface area contributed by atoms with Gasteiger partial charge >= 0.3 is 0 Å². The summed E-state index contributed by atoms with van der Waals surface area (Å²) in [5.41, 5.74) is 0.787. The lowest BCUT2D eigenvalue weighted by Crippen LogP contribution is -2.43. The van der Waals surface area contributed by atoms with Gasteiger partial charge in [0.1, 0.15) is 5.75 Å². The summed E-state index contributed by atoms with van der Waals surface area (Å²) in [6.45, 7) is 7.62. The summed E-state index contributed by atoms with van der Waals surface area (Å²) in [5.74, 6) is 1.66. The molecule has 1 amide bonds. The zero-order chi connectivity index (χ0) is 18.0. The quantitative estimate of drug-likeness (QED) is 0.251. The number of carbonyl (C=O) groups excluding carboxylic acids is 1. The molecule has 7 heteroatoms. The number of carbonyl (C=O) groups is 1. The SMILES string of the molecule is CN=C(NCCNC(=O)C(C)(C)C)NCCc1ccccc1OC.I. The molecular formula is C18H31IN4O2. The zero-order valence-corrected chi connectivity index (χ0v) is 18.1. The Morgan fingerprint density at radius 3 is 2.28 bits per heavy atom. The molecule has 0 fully saturated rings. The van der Waals surface area contributed by atoms with Crippen molar-refractivity contribution >= 4 is 35.8 Å². The summed E-state index contributed by atoms with van der Waals surface area (Å²) < 4.78 is 5.34. The van der Waals surface area contributed by atoms with Crippen molar-refractivity contribution in [1.29, 1.82) is 0 Å². The Morgan fingerprint density at radius 2 is 1.68 bits per heavy atom. The Hall–Kier alpha value is -1.51. The van der Waals surface area contributed by atoms with Crippen LogP contribution in [0.15, 0.2) is 29.3 Å². The standard InChI is InChI=1S/C18H30N4O2.HI/c1-18(2,3)16(23)20-12-13-22-17(19-4)21-11-10-14-8-6-7-9-15(14)24-5;/h6-9H,10-13H2,1-5H3,(H,20,23)(H2,19,21,22);1H. The minimum absolute atomic E-state index is 0. The Kier molecular flexibility index (Phi) is 11.2. The molecule has 3 N–H and O–H groups in total. The van der Waals surface area contributed by atoms with Crippen LogP contribution in [0, 0.1) is 5.41 Å². The van der Waals surface area contributed by atoms with E-state index in [-0.39, 0.29) is 35.3 Å². The van der Waals surface area contributed by atoms with Crippen molar-refractivity contribution in [1.82, 2.24) is 16.0 Å². The van der Waals surface area contributed by atoms with Crippen LogP contribution < -0.4 is 20.7 Å². The molecule has 1 aromatic carbocycles. The fourth-order valence-electron chi connectivity index (χ4n) is 2.07. The first-order valence-electron chi connectivity index (χ1n) is 8.23. The van der Waals surface area contributed by atoms with E-state index in [1.54, 1.807) is 14.2 Å². The number of halogens is 1. The van der Waals surface area contributed by atoms with Crippen LogP contribution in [0.4, 0.5) is 0 Å². The fraction of sp³-hybridized carbons (Fsp3) is 0.556. The predicted molar refractivity (Wildman–Crippen MR) is 114 cm³/mol. The van der Waals surface area contributed by atoms with Gasteiger partial charge in [-0.1, -0.05) is 39.0 Å². The highest BCUT2D eigenvalue weighted by Crippen LogP contribution is 2.17. The maximum atomic E-state index is 11.8. The number of methoxy groups -OCH3 is 1. The van der Waals surface area contributed by atoms with Gasteiger partial charge < -0.3 is 20.7 Å². The van der Waals surface area contributed by atoms with Gasteiger partial charge in [0.2, 0.25) is 5.91 Å². The van der Waals surface area contributed by atoms with Gasteiger partial charge in [0, 0.05) is 32.1 Å². The third-order valence-electron chi connectivity index (χ3n) is 3.49. The van der Waals surface area contributed by atoms with Crippen LogP contribution in [0.25, 0.3) is 0 Å². The van der Waals surface area contributed by atoms with E-state index in [0.29, 0.717) is 13.1 Å². The summed E-state index contributed by atoms with van der Waals surface area (Å²) >= 11 is 0. The molecule has 0 aliphatic heterocycles. The number of nitrogens with zero attached hydrogens (tertiary/aromatic N) is 1. The number of ether oxygens (including phenoxy) is 1. The molecule has 0 aromatic heterocycles. The Bertz CT molecular complexity index is 556. The normalized spacial score (nSPS) is 11.3. The van der Waals surface area contributed by atoms with Gasteiger partial charge in [-0.05, 0) is 18.1 Å². The van der Waals surface area contributed by atoms with Gasteiger partial charge in [0.15, 0.2) is 5.96 Å². The second-order valence-electron chi connectivity index (χ2n) is 6.49. The number of nitrogens with one attached hydrogen (secondary N) is 3. The lowest BCUT2D eigenvalue weighted by atomic mass is 9.96. The van der Waals surface area contributed by atoms with Gasteiger partial charge in [-0.15, -0.1) is 24.0 Å². The highest BCUT2D eigenvalue weighted by Gasteiger charge is 2.20. The smallest absolute Gasteiger partial charge is 0.225 e. The third-order valence-corrected chi connectivity index (χ3v) is 3.49. The van der Waals surface area contributed by atoms with Gasteiger partial charge in [0.05, 0.1) is 7.11 Å². The highest BCUT2D eigenvalue weighted by atomic mass is 127. The largest absolute Gasteiger partial charge is 0.496 e. The molecule has 0 saturated carbocycles. The molecule has 1 rings (SSSR count). The second-order valence-corrected chi connectivity index (χ2v) is 6.49. The van der Waals surface area contributed by atoms with E-state index in [4.69, 9.17) is 4.74 Å². The minimum atomic E-state index is -0.366. The lowest BCUT2D eigenvalue weighted by molar-refractivity contribution is -0.128. The Morgan fingerprint density at radius 1 is 1.08 bits per heavy atom. The van der Waals surface area contributed by atoms with Crippen molar-refractivity contribution in [2.45, 2.75) is 27.2 Å². The second kappa shape index (κ2) is 11.9. The lowest BCUT2D eigenvalue weighted by Gasteiger charge is -2.18. The van der Waals surface area contributed by atoms with E-state index >= 15 is 0 Å². The molecule has 0 radical (unpaired) electrons. The average molecular weight is 462 g/mol. The van der Waals surface area contributed by atoms with Gasteiger partial charge in [0.25, 0.3) is 0 Å². The van der Waals surface area contributed by atoms with Gasteiger partial charge in [-0.25, -0.2) is 0 Å². The number of hydrogen-bond acceptors (Lipinski definition) is 3. The molecule has 0 bridgehead atoms. The first kappa shape index (κ1) is 23.5. The average Bonchev–Trinajstić information content (AvgIpc) is 2.56. The molecule has 1 aromatic rings. The number of rotatable bonds is 7. The summed E-state index contributed by atoms with van der Waals surface area (Å²) in [7, 11) is 3.41. The van der Waals surface area contributed by atoms with Crippen molar-refractivity contribution in [2.24, 2.45) is 10.4 Å². The molecule has 0 atom stereocenters. The van der Waals surface area contributed by atoms with Crippen LogP contribution in [-0.4, -0.2) is 45.7 Å². The molecule has 0 aliphatic rings. The zero-order valence-electron chi connectivity index (χ0n) is 15.8. The van der Waals surface area contributed by atoms with E-state index in [2.05, 4.69) is 27.0 Å². The number of para-hydroxylation sites is 1. The molecule has 0 heterocycles. The van der Waals surface area contributed by atoms with E-state index < -0.39 is 0 Å². The molecule has 25 heavy (non-hydrogen) atoms. The number of hydrogen-bond donors (Lipinski definition) is 3. The predicted octanol–water partition coefficient (Wildman–Crippen LogP) is 2.18. The summed E-state index contributed by atoms with van der Waals surface area (Å²) in [5, 5.41) is 9.34. The maximum absolute atomic E-state index is 11.8. The van der Waals surface area contributed by atoms with Crippen LogP contribution in [0.3, 0.4) is 0 Å². The Labute approximate surface area is 168 Å². The number of benzene rings is 1. The third kappa shape index (κ3) is 8.94. The summed E-state index contributed by atoms with van der Waals surface area (Å²) in [6.07, 6.45) is 0.839. The first-order valence-corrected chi connectivity index (χ1v) is 8.23. The summed E-state index contributed by atoms with van der Waals surface area (Å²) in [6, 6.07) is 7.98. The molecule has 0 saturated heterocycles. The van der Waals surface area contributed by atoms with Crippen molar-refractivity contribution in [3.8, 4) is 5.75 Å². The fourth-order valence-corrected chi connectivity index (χ4v) is 2.07. The monoisotopic (exact) mass is 462 g/mol. The van der Waals surface area contributed by atoms with E-state index in [1.165, 1.54) is 0 Å². The molecule has 0 unspecified atom stereocenters. The molecule has 0 aliphatic carbocycles. The number of aliphatic imine (C=N–C) groups is 1. The maximum Gasteiger partial charge on any atom is 0.225 e. The van der Waals surface area contributed by atoms with Crippen molar-refractivity contribution in [3.05, 3.63) is 29.8 Å². The van der Waals surface area contributed by atoms with Crippen LogP contribution in [-0.2, 0) is 11.2 Å². The van der Waals surface area contributed by atoms with Crippen molar-refractivity contribution < 1.29 is 9.53 Å².